The second kappa shape index (κ2) is 11.0. The van der Waals surface area contributed by atoms with Gasteiger partial charge in [-0.15, -0.1) is 0 Å². The maximum Gasteiger partial charge on any atom is 0.416 e. The highest BCUT2D eigenvalue weighted by Gasteiger charge is 2.30. The van der Waals surface area contributed by atoms with Crippen LogP contribution in [0.15, 0.2) is 77.6 Å². The van der Waals surface area contributed by atoms with E-state index < -0.39 is 17.8 Å². The Bertz CT molecular complexity index is 1470. The Kier molecular flexibility index (Phi) is 8.01. The number of alkyl halides is 3. The lowest BCUT2D eigenvalue weighted by atomic mass is 10.1. The summed E-state index contributed by atoms with van der Waals surface area (Å²) in [5.41, 5.74) is 0.650. The summed E-state index contributed by atoms with van der Waals surface area (Å²) in [6, 6.07) is 18.6. The normalized spacial score (nSPS) is 12.5. The topological polar surface area (TPSA) is 55.2 Å². The van der Waals surface area contributed by atoms with Crippen LogP contribution in [0.2, 0.25) is 0 Å². The molecule has 0 bridgehead atoms. The van der Waals surface area contributed by atoms with E-state index in [1.54, 1.807) is 29.2 Å². The first-order chi connectivity index (χ1) is 17.6. The van der Waals surface area contributed by atoms with Gasteiger partial charge in [0.2, 0.25) is 5.91 Å². The molecule has 0 spiro atoms. The summed E-state index contributed by atoms with van der Waals surface area (Å²) in [6.07, 6.45) is -3.85. The third-order valence-electron chi connectivity index (χ3n) is 6.15. The Morgan fingerprint density at radius 3 is 2.30 bits per heavy atom. The number of halogens is 4. The smallest absolute Gasteiger partial charge is 0.332 e. The molecule has 0 radical (unpaired) electrons. The molecular weight excluding hydrogens is 594 g/mol. The Labute approximate surface area is 226 Å². The zero-order chi connectivity index (χ0) is 26.7. The quantitative estimate of drug-likeness (QED) is 0.221. The number of carbonyl (C=O) groups is 1. The summed E-state index contributed by atoms with van der Waals surface area (Å²) in [4.78, 5) is 33.5. The van der Waals surface area contributed by atoms with Gasteiger partial charge < -0.3 is 4.90 Å². The second-order valence-corrected chi connectivity index (χ2v) is 9.98. The average molecular weight is 619 g/mol. The van der Waals surface area contributed by atoms with Gasteiger partial charge in [0, 0.05) is 10.1 Å². The monoisotopic (exact) mass is 619 g/mol. The van der Waals surface area contributed by atoms with Crippen LogP contribution >= 0.6 is 22.6 Å². The Morgan fingerprint density at radius 2 is 1.68 bits per heavy atom. The van der Waals surface area contributed by atoms with E-state index in [1.807, 2.05) is 38.1 Å². The third kappa shape index (κ3) is 5.87. The Hall–Kier alpha value is -3.21. The van der Waals surface area contributed by atoms with E-state index >= 15 is 0 Å². The molecule has 3 aromatic carbocycles. The lowest BCUT2D eigenvalue weighted by Gasteiger charge is -2.30. The first-order valence-electron chi connectivity index (χ1n) is 11.8. The number of fused-ring (bicyclic) bond motifs is 1. The van der Waals surface area contributed by atoms with Crippen LogP contribution in [0.3, 0.4) is 0 Å². The summed E-state index contributed by atoms with van der Waals surface area (Å²) < 4.78 is 41.4. The Morgan fingerprint density at radius 1 is 1.03 bits per heavy atom. The highest BCUT2D eigenvalue weighted by atomic mass is 127. The van der Waals surface area contributed by atoms with E-state index in [2.05, 4.69) is 22.6 Å². The fraction of sp³-hybridized carbons (Fsp3) is 0.250. The number of para-hydroxylation sites is 1. The lowest BCUT2D eigenvalue weighted by molar-refractivity contribution is -0.137. The minimum absolute atomic E-state index is 0.0657. The van der Waals surface area contributed by atoms with Crippen molar-refractivity contribution >= 4 is 39.4 Å². The summed E-state index contributed by atoms with van der Waals surface area (Å²) >= 11 is 2.19. The van der Waals surface area contributed by atoms with Gasteiger partial charge in [0.15, 0.2) is 0 Å². The van der Waals surface area contributed by atoms with Crippen LogP contribution in [0.25, 0.3) is 16.6 Å². The van der Waals surface area contributed by atoms with Crippen molar-refractivity contribution in [2.45, 2.75) is 38.9 Å². The number of hydrogen-bond acceptors (Lipinski definition) is 3. The number of nitrogens with zero attached hydrogens (tertiary/aromatic N) is 3. The van der Waals surface area contributed by atoms with Crippen LogP contribution in [0.5, 0.6) is 0 Å². The zero-order valence-corrected chi connectivity index (χ0v) is 22.5. The molecule has 0 aliphatic heterocycles. The zero-order valence-electron chi connectivity index (χ0n) is 20.3. The first-order valence-corrected chi connectivity index (χ1v) is 12.9. The Balaban J connectivity index is 1.75. The first kappa shape index (κ1) is 26.8. The molecule has 37 heavy (non-hydrogen) atoms. The van der Waals surface area contributed by atoms with Crippen molar-refractivity contribution in [1.82, 2.24) is 14.5 Å². The van der Waals surface area contributed by atoms with E-state index in [9.17, 15) is 22.8 Å². The van der Waals surface area contributed by atoms with Gasteiger partial charge in [-0.1, -0.05) is 31.2 Å². The number of amides is 1. The number of benzene rings is 3. The molecule has 4 aromatic rings. The maximum atomic E-state index is 13.6. The lowest BCUT2D eigenvalue weighted by Crippen LogP contribution is -2.38. The van der Waals surface area contributed by atoms with Crippen LogP contribution < -0.4 is 5.56 Å². The second-order valence-electron chi connectivity index (χ2n) is 8.74. The predicted molar refractivity (Wildman–Crippen MR) is 146 cm³/mol. The number of carbonyl (C=O) groups excluding carboxylic acids is 1. The van der Waals surface area contributed by atoms with Gasteiger partial charge in [-0.25, -0.2) is 4.98 Å². The summed E-state index contributed by atoms with van der Waals surface area (Å²) in [6.45, 7) is 4.15. The predicted octanol–water partition coefficient (Wildman–Crippen LogP) is 6.55. The van der Waals surface area contributed by atoms with Gasteiger partial charge in [-0.2, -0.15) is 13.2 Å². The summed E-state index contributed by atoms with van der Waals surface area (Å²) in [5, 5.41) is 0.468. The molecule has 0 aliphatic rings. The van der Waals surface area contributed by atoms with Crippen LogP contribution in [0.4, 0.5) is 13.2 Å². The molecular formula is C28H25F3IN3O2. The fourth-order valence-electron chi connectivity index (χ4n) is 4.27. The third-order valence-corrected chi connectivity index (χ3v) is 6.87. The van der Waals surface area contributed by atoms with Gasteiger partial charge in [-0.3, -0.25) is 14.2 Å². The van der Waals surface area contributed by atoms with Crippen molar-refractivity contribution in [1.29, 1.82) is 0 Å². The summed E-state index contributed by atoms with van der Waals surface area (Å²) in [7, 11) is 0. The minimum atomic E-state index is -4.44. The van der Waals surface area contributed by atoms with Crippen LogP contribution in [-0.2, 0) is 17.4 Å². The van der Waals surface area contributed by atoms with E-state index in [1.165, 1.54) is 16.7 Å². The van der Waals surface area contributed by atoms with Crippen molar-refractivity contribution in [2.75, 3.05) is 6.54 Å². The van der Waals surface area contributed by atoms with E-state index in [-0.39, 0.29) is 17.9 Å². The molecule has 1 aromatic heterocycles. The summed E-state index contributed by atoms with van der Waals surface area (Å²) in [5.74, 6) is 0.157. The molecule has 0 N–H and O–H groups in total. The molecule has 9 heteroatoms. The molecule has 192 valence electrons. The van der Waals surface area contributed by atoms with Gasteiger partial charge in [0.05, 0.1) is 34.6 Å². The fourth-order valence-corrected chi connectivity index (χ4v) is 4.63. The van der Waals surface area contributed by atoms with Gasteiger partial charge >= 0.3 is 6.18 Å². The molecule has 4 rings (SSSR count). The molecule has 1 atom stereocenters. The molecule has 1 amide bonds. The van der Waals surface area contributed by atoms with Crippen LogP contribution in [0.1, 0.15) is 43.3 Å². The highest BCUT2D eigenvalue weighted by molar-refractivity contribution is 14.1. The standard InChI is InChI=1S/C28H25F3IN3O2/c1-3-16-34(25(36)17-19-8-10-20(11-9-19)28(29,30)31)18(2)26-33-24-7-5-4-6-23(24)27(37)35(26)22-14-12-21(32)13-15-22/h4-15,18H,3,16-17H2,1-2H3/t18-/m1/s1. The van der Waals surface area contributed by atoms with Crippen LogP contribution in [-0.4, -0.2) is 26.9 Å². The van der Waals surface area contributed by atoms with Gasteiger partial charge in [-0.05, 0) is 90.0 Å². The van der Waals surface area contributed by atoms with Crippen molar-refractivity contribution in [3.8, 4) is 5.69 Å². The van der Waals surface area contributed by atoms with Crippen molar-refractivity contribution in [3.63, 3.8) is 0 Å². The number of aromatic nitrogens is 2. The molecule has 0 saturated carbocycles. The van der Waals surface area contributed by atoms with E-state index in [4.69, 9.17) is 4.98 Å². The van der Waals surface area contributed by atoms with Crippen molar-refractivity contribution in [3.05, 3.63) is 104 Å². The molecule has 0 fully saturated rings. The minimum Gasteiger partial charge on any atom is -0.332 e. The van der Waals surface area contributed by atoms with Gasteiger partial charge in [0.1, 0.15) is 5.82 Å². The van der Waals surface area contributed by atoms with Crippen LogP contribution in [0, 0.1) is 3.57 Å². The molecule has 0 aliphatic carbocycles. The van der Waals surface area contributed by atoms with Crippen molar-refractivity contribution in [2.24, 2.45) is 0 Å². The van der Waals surface area contributed by atoms with Crippen molar-refractivity contribution < 1.29 is 18.0 Å². The number of rotatable bonds is 7. The average Bonchev–Trinajstić information content (AvgIpc) is 2.87. The van der Waals surface area contributed by atoms with E-state index in [0.29, 0.717) is 40.9 Å². The van der Waals surface area contributed by atoms with E-state index in [0.717, 1.165) is 15.7 Å². The largest absolute Gasteiger partial charge is 0.416 e. The molecule has 1 heterocycles. The highest BCUT2D eigenvalue weighted by Crippen LogP contribution is 2.29. The molecule has 0 unspecified atom stereocenters. The molecule has 0 saturated heterocycles. The molecule has 5 nitrogen and oxygen atoms in total. The number of hydrogen-bond donors (Lipinski definition) is 0. The SMILES string of the molecule is CCCN(C(=O)Cc1ccc(C(F)(F)F)cc1)[C@H](C)c1nc2ccccc2c(=O)n1-c1ccc(I)cc1. The van der Waals surface area contributed by atoms with Gasteiger partial charge in [0.25, 0.3) is 5.56 Å². The maximum absolute atomic E-state index is 13.6.